The van der Waals surface area contributed by atoms with Crippen molar-refractivity contribution in [1.29, 1.82) is 0 Å². The van der Waals surface area contributed by atoms with Gasteiger partial charge in [-0.15, -0.1) is 0 Å². The summed E-state index contributed by atoms with van der Waals surface area (Å²) in [5.74, 6) is 2.19. The molecule has 1 aromatic heterocycles. The summed E-state index contributed by atoms with van der Waals surface area (Å²) < 4.78 is 7.63. The number of aromatic nitrogens is 2. The van der Waals surface area contributed by atoms with Crippen LogP contribution in [-0.2, 0) is 17.6 Å². The van der Waals surface area contributed by atoms with E-state index in [2.05, 4.69) is 16.5 Å². The van der Waals surface area contributed by atoms with E-state index >= 15 is 0 Å². The predicted molar refractivity (Wildman–Crippen MR) is 97.8 cm³/mol. The molecule has 1 aliphatic heterocycles. The maximum Gasteiger partial charge on any atom is 0.222 e. The lowest BCUT2D eigenvalue weighted by Crippen LogP contribution is -2.41. The molecule has 0 radical (unpaired) electrons. The minimum atomic E-state index is 0.230. The molecule has 0 spiro atoms. The van der Waals surface area contributed by atoms with Gasteiger partial charge in [0, 0.05) is 38.3 Å². The number of hydrogen-bond acceptors (Lipinski definition) is 3. The highest BCUT2D eigenvalue weighted by Crippen LogP contribution is 2.24. The molecule has 1 fully saturated rings. The fraction of sp³-hybridized carbons (Fsp3) is 0.500. The van der Waals surface area contributed by atoms with E-state index in [0.717, 1.165) is 55.9 Å². The van der Waals surface area contributed by atoms with Gasteiger partial charge < -0.3 is 14.2 Å². The summed E-state index contributed by atoms with van der Waals surface area (Å²) >= 11 is 0. The third-order valence-corrected chi connectivity index (χ3v) is 5.01. The lowest BCUT2D eigenvalue weighted by Gasteiger charge is -2.34. The van der Waals surface area contributed by atoms with E-state index < -0.39 is 0 Å². The lowest BCUT2D eigenvalue weighted by molar-refractivity contribution is -0.132. The van der Waals surface area contributed by atoms with Crippen molar-refractivity contribution >= 4 is 5.91 Å². The topological polar surface area (TPSA) is 47.4 Å². The van der Waals surface area contributed by atoms with Crippen LogP contribution in [-0.4, -0.2) is 40.6 Å². The number of ether oxygens (including phenoxy) is 1. The second kappa shape index (κ2) is 8.19. The highest BCUT2D eigenvalue weighted by atomic mass is 16.5. The zero-order valence-corrected chi connectivity index (χ0v) is 15.1. The molecular formula is C20H27N3O2. The van der Waals surface area contributed by atoms with Crippen LogP contribution in [0.25, 0.3) is 0 Å². The number of carbonyl (C=O) groups is 1. The van der Waals surface area contributed by atoms with Crippen molar-refractivity contribution in [2.75, 3.05) is 20.2 Å². The SMILES string of the molecule is CCc1nccn1[C@H]1CCCN(C(=O)CCc2ccccc2OC)C1. The number of nitrogens with zero attached hydrogens (tertiary/aromatic N) is 3. The molecule has 5 heteroatoms. The van der Waals surface area contributed by atoms with Crippen molar-refractivity contribution in [2.24, 2.45) is 0 Å². The molecule has 5 nitrogen and oxygen atoms in total. The number of methoxy groups -OCH3 is 1. The summed E-state index contributed by atoms with van der Waals surface area (Å²) in [7, 11) is 1.67. The van der Waals surface area contributed by atoms with Gasteiger partial charge in [-0.25, -0.2) is 4.98 Å². The summed E-state index contributed by atoms with van der Waals surface area (Å²) in [5.41, 5.74) is 1.09. The van der Waals surface area contributed by atoms with E-state index in [0.29, 0.717) is 12.5 Å². The number of hydrogen-bond donors (Lipinski definition) is 0. The average Bonchev–Trinajstić information content (AvgIpc) is 3.15. The number of amides is 1. The molecule has 2 aromatic rings. The summed E-state index contributed by atoms with van der Waals surface area (Å²) in [5, 5.41) is 0. The minimum absolute atomic E-state index is 0.230. The van der Waals surface area contributed by atoms with E-state index in [1.54, 1.807) is 7.11 Å². The van der Waals surface area contributed by atoms with Crippen molar-refractivity contribution in [3.8, 4) is 5.75 Å². The Morgan fingerprint density at radius 2 is 2.20 bits per heavy atom. The van der Waals surface area contributed by atoms with Gasteiger partial charge in [-0.3, -0.25) is 4.79 Å². The smallest absolute Gasteiger partial charge is 0.222 e. The maximum absolute atomic E-state index is 12.7. The molecule has 0 bridgehead atoms. The van der Waals surface area contributed by atoms with E-state index in [1.807, 2.05) is 41.6 Å². The number of likely N-dealkylation sites (tertiary alicyclic amines) is 1. The van der Waals surface area contributed by atoms with Crippen molar-refractivity contribution in [3.05, 3.63) is 48.0 Å². The second-order valence-corrected chi connectivity index (χ2v) is 6.55. The highest BCUT2D eigenvalue weighted by molar-refractivity contribution is 5.76. The molecule has 3 rings (SSSR count). The van der Waals surface area contributed by atoms with E-state index in [9.17, 15) is 4.79 Å². The van der Waals surface area contributed by atoms with Gasteiger partial charge in [0.25, 0.3) is 0 Å². The maximum atomic E-state index is 12.7. The van der Waals surface area contributed by atoms with Crippen LogP contribution in [0.3, 0.4) is 0 Å². The predicted octanol–water partition coefficient (Wildman–Crippen LogP) is 3.25. The number of imidazole rings is 1. The van der Waals surface area contributed by atoms with Crippen molar-refractivity contribution in [3.63, 3.8) is 0 Å². The zero-order chi connectivity index (χ0) is 17.6. The number of piperidine rings is 1. The molecule has 1 amide bonds. The Labute approximate surface area is 149 Å². The van der Waals surface area contributed by atoms with Gasteiger partial charge >= 0.3 is 0 Å². The van der Waals surface area contributed by atoms with Crippen LogP contribution in [0.15, 0.2) is 36.7 Å². The zero-order valence-electron chi connectivity index (χ0n) is 15.1. The molecule has 0 saturated carbocycles. The second-order valence-electron chi connectivity index (χ2n) is 6.55. The Morgan fingerprint density at radius 3 is 3.00 bits per heavy atom. The largest absolute Gasteiger partial charge is 0.496 e. The molecule has 0 N–H and O–H groups in total. The Bertz CT molecular complexity index is 710. The summed E-state index contributed by atoms with van der Waals surface area (Å²) in [6, 6.07) is 8.27. The van der Waals surface area contributed by atoms with E-state index in [-0.39, 0.29) is 5.91 Å². The Morgan fingerprint density at radius 1 is 1.36 bits per heavy atom. The van der Waals surface area contributed by atoms with Crippen LogP contribution < -0.4 is 4.74 Å². The van der Waals surface area contributed by atoms with E-state index in [4.69, 9.17) is 4.74 Å². The summed E-state index contributed by atoms with van der Waals surface area (Å²) in [6.45, 7) is 3.77. The molecule has 134 valence electrons. The molecule has 0 unspecified atom stereocenters. The van der Waals surface area contributed by atoms with Crippen LogP contribution in [0.5, 0.6) is 5.75 Å². The third-order valence-electron chi connectivity index (χ3n) is 5.01. The van der Waals surface area contributed by atoms with Gasteiger partial charge in [-0.05, 0) is 30.9 Å². The fourth-order valence-electron chi connectivity index (χ4n) is 3.67. The van der Waals surface area contributed by atoms with Gasteiger partial charge in [0.15, 0.2) is 0 Å². The molecule has 1 atom stereocenters. The first-order valence-corrected chi connectivity index (χ1v) is 9.14. The molecule has 1 saturated heterocycles. The van der Waals surface area contributed by atoms with E-state index in [1.165, 1.54) is 0 Å². The first kappa shape index (κ1) is 17.5. The Balaban J connectivity index is 1.60. The van der Waals surface area contributed by atoms with Crippen molar-refractivity contribution in [1.82, 2.24) is 14.5 Å². The van der Waals surface area contributed by atoms with Crippen molar-refractivity contribution < 1.29 is 9.53 Å². The van der Waals surface area contributed by atoms with Gasteiger partial charge in [-0.1, -0.05) is 25.1 Å². The van der Waals surface area contributed by atoms with Crippen LogP contribution >= 0.6 is 0 Å². The van der Waals surface area contributed by atoms with Crippen molar-refractivity contribution in [2.45, 2.75) is 45.1 Å². The lowest BCUT2D eigenvalue weighted by atomic mass is 10.0. The Hall–Kier alpha value is -2.30. The van der Waals surface area contributed by atoms with Gasteiger partial charge in [0.05, 0.1) is 13.2 Å². The van der Waals surface area contributed by atoms with Gasteiger partial charge in [-0.2, -0.15) is 0 Å². The molecule has 1 aliphatic rings. The molecular weight excluding hydrogens is 314 g/mol. The minimum Gasteiger partial charge on any atom is -0.496 e. The normalized spacial score (nSPS) is 17.5. The number of benzene rings is 1. The van der Waals surface area contributed by atoms with Gasteiger partial charge in [0.1, 0.15) is 11.6 Å². The first-order valence-electron chi connectivity index (χ1n) is 9.14. The fourth-order valence-corrected chi connectivity index (χ4v) is 3.67. The molecule has 25 heavy (non-hydrogen) atoms. The number of rotatable bonds is 6. The number of aryl methyl sites for hydroxylation is 2. The monoisotopic (exact) mass is 341 g/mol. The van der Waals surface area contributed by atoms with Crippen LogP contribution in [0.2, 0.25) is 0 Å². The first-order chi connectivity index (χ1) is 12.2. The average molecular weight is 341 g/mol. The standard InChI is InChI=1S/C20H27N3O2/c1-3-19-21-12-14-23(19)17-8-6-13-22(15-17)20(24)11-10-16-7-4-5-9-18(16)25-2/h4-5,7,9,12,14,17H,3,6,8,10-11,13,15H2,1-2H3/t17-/m0/s1. The number of para-hydroxylation sites is 1. The molecule has 0 aliphatic carbocycles. The Kier molecular flexibility index (Phi) is 5.74. The van der Waals surface area contributed by atoms with Crippen LogP contribution in [0.4, 0.5) is 0 Å². The van der Waals surface area contributed by atoms with Crippen LogP contribution in [0.1, 0.15) is 43.6 Å². The third kappa shape index (κ3) is 4.03. The summed E-state index contributed by atoms with van der Waals surface area (Å²) in [6.07, 6.45) is 8.23. The summed E-state index contributed by atoms with van der Waals surface area (Å²) in [4.78, 5) is 19.1. The highest BCUT2D eigenvalue weighted by Gasteiger charge is 2.25. The molecule has 1 aromatic carbocycles. The number of carbonyl (C=O) groups excluding carboxylic acids is 1. The quantitative estimate of drug-likeness (QED) is 0.810. The van der Waals surface area contributed by atoms with Gasteiger partial charge in [0.2, 0.25) is 5.91 Å². The molecule has 2 heterocycles. The van der Waals surface area contributed by atoms with Crippen LogP contribution in [0, 0.1) is 0 Å².